The molecule has 2 fully saturated rings. The summed E-state index contributed by atoms with van der Waals surface area (Å²) in [6.45, 7) is 1.07. The van der Waals surface area contributed by atoms with Crippen LogP contribution in [0.1, 0.15) is 38.5 Å². The van der Waals surface area contributed by atoms with Gasteiger partial charge in [-0.25, -0.2) is 12.7 Å². The molecular formula is C12H21NO4S. The number of carbonyl (C=O) groups is 1. The van der Waals surface area contributed by atoms with Crippen LogP contribution in [0.2, 0.25) is 0 Å². The van der Waals surface area contributed by atoms with E-state index < -0.39 is 21.4 Å². The first-order valence-electron chi connectivity index (χ1n) is 6.52. The number of piperidine rings is 1. The van der Waals surface area contributed by atoms with E-state index in [4.69, 9.17) is 0 Å². The van der Waals surface area contributed by atoms with Crippen LogP contribution in [0.4, 0.5) is 0 Å². The highest BCUT2D eigenvalue weighted by molar-refractivity contribution is 7.88. The van der Waals surface area contributed by atoms with Crippen LogP contribution in [-0.4, -0.2) is 43.1 Å². The van der Waals surface area contributed by atoms with Crippen molar-refractivity contribution in [3.05, 3.63) is 0 Å². The molecule has 0 bridgehead atoms. The molecule has 0 aromatic heterocycles. The van der Waals surface area contributed by atoms with Crippen molar-refractivity contribution < 1.29 is 18.3 Å². The summed E-state index contributed by atoms with van der Waals surface area (Å²) in [5.74, 6) is -0.505. The third kappa shape index (κ3) is 2.69. The van der Waals surface area contributed by atoms with E-state index in [9.17, 15) is 18.3 Å². The molecule has 1 saturated carbocycles. The lowest BCUT2D eigenvalue weighted by Gasteiger charge is -2.42. The Balaban J connectivity index is 2.00. The van der Waals surface area contributed by atoms with Gasteiger partial charge in [0.15, 0.2) is 0 Å². The molecule has 1 aliphatic carbocycles. The van der Waals surface area contributed by atoms with Gasteiger partial charge in [0.05, 0.1) is 11.7 Å². The molecule has 1 N–H and O–H groups in total. The van der Waals surface area contributed by atoms with E-state index in [2.05, 4.69) is 0 Å². The number of carboxylic acids is 1. The minimum Gasteiger partial charge on any atom is -0.481 e. The summed E-state index contributed by atoms with van der Waals surface area (Å²) in [5.41, 5.74) is -0.564. The maximum Gasteiger partial charge on any atom is 0.309 e. The van der Waals surface area contributed by atoms with Gasteiger partial charge in [-0.1, -0.05) is 6.42 Å². The molecule has 0 amide bonds. The molecule has 6 heteroatoms. The molecule has 0 aromatic carbocycles. The van der Waals surface area contributed by atoms with Crippen LogP contribution in [-0.2, 0) is 14.8 Å². The van der Waals surface area contributed by atoms with Crippen LogP contribution in [0.25, 0.3) is 0 Å². The van der Waals surface area contributed by atoms with E-state index in [-0.39, 0.29) is 5.92 Å². The Morgan fingerprint density at radius 3 is 2.50 bits per heavy atom. The molecule has 1 heterocycles. The summed E-state index contributed by atoms with van der Waals surface area (Å²) in [6, 6.07) is 0. The lowest BCUT2D eigenvalue weighted by Crippen LogP contribution is -2.45. The summed E-state index contributed by atoms with van der Waals surface area (Å²) >= 11 is 0. The molecule has 2 rings (SSSR count). The Labute approximate surface area is 108 Å². The minimum absolute atomic E-state index is 0.199. The topological polar surface area (TPSA) is 74.7 Å². The summed E-state index contributed by atoms with van der Waals surface area (Å²) < 4.78 is 24.5. The van der Waals surface area contributed by atoms with E-state index >= 15 is 0 Å². The largest absolute Gasteiger partial charge is 0.481 e. The minimum atomic E-state index is -3.14. The molecule has 2 aliphatic rings. The maximum absolute atomic E-state index is 11.5. The average molecular weight is 275 g/mol. The zero-order chi connectivity index (χ0) is 13.4. The van der Waals surface area contributed by atoms with Gasteiger partial charge in [0.1, 0.15) is 0 Å². The van der Waals surface area contributed by atoms with E-state index in [1.807, 2.05) is 0 Å². The third-order valence-corrected chi connectivity index (χ3v) is 5.66. The van der Waals surface area contributed by atoms with Gasteiger partial charge in [-0.3, -0.25) is 4.79 Å². The van der Waals surface area contributed by atoms with Gasteiger partial charge in [-0.05, 0) is 38.0 Å². The molecule has 104 valence electrons. The fourth-order valence-corrected chi connectivity index (χ4v) is 4.10. The van der Waals surface area contributed by atoms with E-state index in [0.717, 1.165) is 32.1 Å². The van der Waals surface area contributed by atoms with Crippen molar-refractivity contribution in [1.29, 1.82) is 0 Å². The zero-order valence-corrected chi connectivity index (χ0v) is 11.6. The summed E-state index contributed by atoms with van der Waals surface area (Å²) in [5, 5.41) is 9.31. The molecule has 1 unspecified atom stereocenters. The standard InChI is InChI=1S/C12H21NO4S/c1-18(16,17)13-7-2-4-10(9-13)8-12(11(14)15)5-3-6-12/h10H,2-9H2,1H3,(H,14,15). The number of hydrogen-bond donors (Lipinski definition) is 1. The van der Waals surface area contributed by atoms with Crippen LogP contribution in [0, 0.1) is 11.3 Å². The molecular weight excluding hydrogens is 254 g/mol. The van der Waals surface area contributed by atoms with Gasteiger partial charge in [0, 0.05) is 13.1 Å². The van der Waals surface area contributed by atoms with E-state index in [0.29, 0.717) is 19.5 Å². The molecule has 5 nitrogen and oxygen atoms in total. The van der Waals surface area contributed by atoms with Gasteiger partial charge >= 0.3 is 5.97 Å². The smallest absolute Gasteiger partial charge is 0.309 e. The number of carboxylic acid groups (broad SMARTS) is 1. The Bertz CT molecular complexity index is 427. The van der Waals surface area contributed by atoms with Crippen molar-refractivity contribution >= 4 is 16.0 Å². The van der Waals surface area contributed by atoms with Crippen LogP contribution < -0.4 is 0 Å². The highest BCUT2D eigenvalue weighted by atomic mass is 32.2. The highest BCUT2D eigenvalue weighted by Crippen LogP contribution is 2.47. The zero-order valence-electron chi connectivity index (χ0n) is 10.8. The second kappa shape index (κ2) is 4.81. The molecule has 0 spiro atoms. The predicted molar refractivity (Wildman–Crippen MR) is 67.7 cm³/mol. The number of rotatable bonds is 4. The highest BCUT2D eigenvalue weighted by Gasteiger charge is 2.46. The van der Waals surface area contributed by atoms with Gasteiger partial charge in [0.2, 0.25) is 10.0 Å². The van der Waals surface area contributed by atoms with Crippen LogP contribution in [0.3, 0.4) is 0 Å². The summed E-state index contributed by atoms with van der Waals surface area (Å²) in [6.07, 6.45) is 6.12. The van der Waals surface area contributed by atoms with Crippen molar-refractivity contribution in [2.75, 3.05) is 19.3 Å². The monoisotopic (exact) mass is 275 g/mol. The first kappa shape index (κ1) is 13.8. The Morgan fingerprint density at radius 2 is 2.06 bits per heavy atom. The van der Waals surface area contributed by atoms with Crippen LogP contribution >= 0.6 is 0 Å². The number of sulfonamides is 1. The summed E-state index contributed by atoms with van der Waals surface area (Å²) in [7, 11) is -3.14. The summed E-state index contributed by atoms with van der Waals surface area (Å²) in [4.78, 5) is 11.3. The van der Waals surface area contributed by atoms with Gasteiger partial charge in [-0.15, -0.1) is 0 Å². The van der Waals surface area contributed by atoms with E-state index in [1.165, 1.54) is 10.6 Å². The number of nitrogens with zero attached hydrogens (tertiary/aromatic N) is 1. The molecule has 0 aromatic rings. The molecule has 1 saturated heterocycles. The molecule has 1 aliphatic heterocycles. The van der Waals surface area contributed by atoms with Crippen molar-refractivity contribution in [2.45, 2.75) is 38.5 Å². The predicted octanol–water partition coefficient (Wildman–Crippen LogP) is 1.30. The third-order valence-electron chi connectivity index (χ3n) is 4.39. The van der Waals surface area contributed by atoms with Crippen LogP contribution in [0.5, 0.6) is 0 Å². The van der Waals surface area contributed by atoms with Gasteiger partial charge in [-0.2, -0.15) is 0 Å². The molecule has 1 atom stereocenters. The van der Waals surface area contributed by atoms with Crippen molar-refractivity contribution in [3.63, 3.8) is 0 Å². The van der Waals surface area contributed by atoms with E-state index in [1.54, 1.807) is 0 Å². The Kier molecular flexibility index (Phi) is 3.69. The quantitative estimate of drug-likeness (QED) is 0.839. The fourth-order valence-electron chi connectivity index (χ4n) is 3.16. The molecule has 18 heavy (non-hydrogen) atoms. The SMILES string of the molecule is CS(=O)(=O)N1CCCC(CC2(C(=O)O)CCC2)C1. The number of hydrogen-bond acceptors (Lipinski definition) is 3. The van der Waals surface area contributed by atoms with Crippen molar-refractivity contribution in [3.8, 4) is 0 Å². The molecule has 0 radical (unpaired) electrons. The lowest BCUT2D eigenvalue weighted by molar-refractivity contribution is -0.156. The van der Waals surface area contributed by atoms with Crippen LogP contribution in [0.15, 0.2) is 0 Å². The van der Waals surface area contributed by atoms with Crippen molar-refractivity contribution in [2.24, 2.45) is 11.3 Å². The fraction of sp³-hybridized carbons (Fsp3) is 0.917. The first-order valence-corrected chi connectivity index (χ1v) is 8.37. The number of aliphatic carboxylic acids is 1. The second-order valence-electron chi connectivity index (χ2n) is 5.77. The first-order chi connectivity index (χ1) is 8.33. The average Bonchev–Trinajstić information content (AvgIpc) is 2.22. The van der Waals surface area contributed by atoms with Gasteiger partial charge < -0.3 is 5.11 Å². The lowest BCUT2D eigenvalue weighted by atomic mass is 9.63. The Hall–Kier alpha value is -0.620. The normalized spacial score (nSPS) is 28.6. The van der Waals surface area contributed by atoms with Crippen molar-refractivity contribution in [1.82, 2.24) is 4.31 Å². The Morgan fingerprint density at radius 1 is 1.39 bits per heavy atom. The maximum atomic E-state index is 11.5. The van der Waals surface area contributed by atoms with Gasteiger partial charge in [0.25, 0.3) is 0 Å². The second-order valence-corrected chi connectivity index (χ2v) is 7.75.